The SMILES string of the molecule is C[n+]1c2n(c3ccccc31)CC(Br)CS2.[O-][Cl+3]([O-])([O-])[O-]. The summed E-state index contributed by atoms with van der Waals surface area (Å²) in [5.41, 5.74) is 2.66. The molecule has 1 aliphatic rings. The molecule has 0 fully saturated rings. The van der Waals surface area contributed by atoms with Crippen LogP contribution in [0, 0.1) is 10.2 Å². The molecule has 1 aromatic heterocycles. The lowest BCUT2D eigenvalue weighted by Crippen LogP contribution is -2.68. The smallest absolute Gasteiger partial charge is 0.222 e. The molecule has 6 nitrogen and oxygen atoms in total. The zero-order chi connectivity index (χ0) is 14.9. The maximum absolute atomic E-state index is 8.49. The van der Waals surface area contributed by atoms with Gasteiger partial charge in [0, 0.05) is 5.75 Å². The Bertz CT molecular complexity index is 610. The fraction of sp³-hybridized carbons (Fsp3) is 0.364. The van der Waals surface area contributed by atoms with E-state index in [1.807, 2.05) is 11.8 Å². The van der Waals surface area contributed by atoms with Crippen LogP contribution in [-0.2, 0) is 13.6 Å². The number of rotatable bonds is 0. The molecule has 0 radical (unpaired) electrons. The average molecular weight is 384 g/mol. The number of hydrogen-bond acceptors (Lipinski definition) is 5. The van der Waals surface area contributed by atoms with Crippen LogP contribution in [0.5, 0.6) is 0 Å². The first-order valence-electron chi connectivity index (χ1n) is 5.63. The highest BCUT2D eigenvalue weighted by Gasteiger charge is 2.29. The second-order valence-corrected chi connectivity index (χ2v) is 7.27. The fourth-order valence-electron chi connectivity index (χ4n) is 2.13. The number of alkyl halides is 1. The van der Waals surface area contributed by atoms with Gasteiger partial charge in [-0.1, -0.05) is 28.1 Å². The summed E-state index contributed by atoms with van der Waals surface area (Å²) >= 11 is 5.63. The van der Waals surface area contributed by atoms with Gasteiger partial charge in [0.2, 0.25) is 0 Å². The van der Waals surface area contributed by atoms with Crippen molar-refractivity contribution >= 4 is 38.7 Å². The van der Waals surface area contributed by atoms with E-state index in [4.69, 9.17) is 18.6 Å². The standard InChI is InChI=1S/C11H12BrN2S.ClHO4/c1-13-9-4-2-3-5-10(9)14-6-8(12)7-15-11(13)14;2-1(3,4)5/h2-5,8H,6-7H2,1H3;(H,2,3,4,5)/q+1;/p-1. The number of aryl methyl sites for hydroxylation is 1. The first kappa shape index (κ1) is 16.0. The molecule has 0 saturated heterocycles. The van der Waals surface area contributed by atoms with Crippen LogP contribution in [0.15, 0.2) is 29.4 Å². The van der Waals surface area contributed by atoms with Crippen LogP contribution in [0.3, 0.4) is 0 Å². The van der Waals surface area contributed by atoms with Crippen LogP contribution in [0.25, 0.3) is 11.0 Å². The van der Waals surface area contributed by atoms with Gasteiger partial charge >= 0.3 is 5.16 Å². The summed E-state index contributed by atoms with van der Waals surface area (Å²) in [6.07, 6.45) is 0. The predicted molar refractivity (Wildman–Crippen MR) is 66.6 cm³/mol. The summed E-state index contributed by atoms with van der Waals surface area (Å²) in [5.74, 6) is 1.16. The zero-order valence-electron chi connectivity index (χ0n) is 10.5. The molecule has 20 heavy (non-hydrogen) atoms. The van der Waals surface area contributed by atoms with E-state index in [9.17, 15) is 0 Å². The van der Waals surface area contributed by atoms with Crippen molar-refractivity contribution in [1.82, 2.24) is 4.57 Å². The van der Waals surface area contributed by atoms with Gasteiger partial charge in [0.15, 0.2) is 11.0 Å². The molecule has 1 atom stereocenters. The number of hydrogen-bond donors (Lipinski definition) is 0. The molecule has 1 aliphatic heterocycles. The summed E-state index contributed by atoms with van der Waals surface area (Å²) in [4.78, 5) is 0.589. The van der Waals surface area contributed by atoms with Gasteiger partial charge in [-0.2, -0.15) is 0 Å². The van der Waals surface area contributed by atoms with Crippen molar-refractivity contribution in [3.63, 3.8) is 0 Å². The molecule has 0 bridgehead atoms. The van der Waals surface area contributed by atoms with E-state index in [0.717, 1.165) is 12.3 Å². The lowest BCUT2D eigenvalue weighted by molar-refractivity contribution is -2.00. The van der Waals surface area contributed by atoms with Crippen LogP contribution in [0.4, 0.5) is 0 Å². The lowest BCUT2D eigenvalue weighted by Gasteiger charge is -2.17. The van der Waals surface area contributed by atoms with Gasteiger partial charge in [0.1, 0.15) is 6.54 Å². The van der Waals surface area contributed by atoms with Gasteiger partial charge in [-0.15, -0.1) is 10.2 Å². The summed E-state index contributed by atoms with van der Waals surface area (Å²) < 4.78 is 38.7. The van der Waals surface area contributed by atoms with Crippen LogP contribution < -0.4 is 23.2 Å². The molecule has 0 saturated carbocycles. The quantitative estimate of drug-likeness (QED) is 0.372. The zero-order valence-corrected chi connectivity index (χ0v) is 13.7. The number of halogens is 2. The van der Waals surface area contributed by atoms with Gasteiger partial charge in [0.05, 0.1) is 11.9 Å². The Balaban J connectivity index is 0.000000257. The summed E-state index contributed by atoms with van der Waals surface area (Å²) in [7, 11) is -2.80. The van der Waals surface area contributed by atoms with E-state index >= 15 is 0 Å². The van der Waals surface area contributed by atoms with E-state index in [0.29, 0.717) is 4.83 Å². The monoisotopic (exact) mass is 382 g/mol. The van der Waals surface area contributed by atoms with E-state index < -0.39 is 10.2 Å². The van der Waals surface area contributed by atoms with Crippen LogP contribution in [0.1, 0.15) is 0 Å². The number of aromatic nitrogens is 2. The molecular weight excluding hydrogens is 372 g/mol. The van der Waals surface area contributed by atoms with Crippen molar-refractivity contribution in [2.24, 2.45) is 7.05 Å². The van der Waals surface area contributed by atoms with Gasteiger partial charge in [-0.3, -0.25) is 0 Å². The first-order chi connectivity index (χ1) is 9.27. The molecule has 0 spiro atoms. The van der Waals surface area contributed by atoms with Crippen LogP contribution in [0.2, 0.25) is 0 Å². The van der Waals surface area contributed by atoms with Gasteiger partial charge < -0.3 is 0 Å². The van der Waals surface area contributed by atoms with Crippen molar-refractivity contribution in [3.8, 4) is 0 Å². The Hall–Kier alpha value is -0.350. The Kier molecular flexibility index (Phi) is 4.96. The van der Waals surface area contributed by atoms with E-state index in [1.165, 1.54) is 16.2 Å². The normalized spacial score (nSPS) is 18.4. The predicted octanol–water partition coefficient (Wildman–Crippen LogP) is -2.42. The second-order valence-electron chi connectivity index (χ2n) is 4.23. The molecule has 9 heteroatoms. The van der Waals surface area contributed by atoms with Crippen molar-refractivity contribution in [2.75, 3.05) is 5.75 Å². The molecule has 3 rings (SSSR count). The minimum Gasteiger partial charge on any atom is -0.222 e. The third-order valence-corrected chi connectivity index (χ3v) is 5.19. The van der Waals surface area contributed by atoms with Crippen molar-refractivity contribution in [1.29, 1.82) is 0 Å². The first-order valence-corrected chi connectivity index (χ1v) is 8.77. The van der Waals surface area contributed by atoms with Crippen LogP contribution in [-0.4, -0.2) is 15.1 Å². The topological polar surface area (TPSA) is 101 Å². The van der Waals surface area contributed by atoms with Gasteiger partial charge in [-0.25, -0.2) is 27.8 Å². The summed E-state index contributed by atoms with van der Waals surface area (Å²) in [6.45, 7) is 1.07. The number of nitrogens with zero attached hydrogens (tertiary/aromatic N) is 2. The largest absolute Gasteiger partial charge is 0.318 e. The van der Waals surface area contributed by atoms with E-state index in [1.54, 1.807) is 0 Å². The van der Waals surface area contributed by atoms with E-state index in [-0.39, 0.29) is 0 Å². The number of para-hydroxylation sites is 2. The molecular formula is C11H12BrClN2O4S. The minimum atomic E-state index is -4.94. The lowest BCUT2D eigenvalue weighted by atomic mass is 10.3. The Morgan fingerprint density at radius 1 is 1.30 bits per heavy atom. The van der Waals surface area contributed by atoms with Gasteiger partial charge in [-0.05, 0) is 23.9 Å². The average Bonchev–Trinajstić information content (AvgIpc) is 2.62. The third kappa shape index (κ3) is 3.85. The summed E-state index contributed by atoms with van der Waals surface area (Å²) in [6, 6.07) is 8.59. The van der Waals surface area contributed by atoms with Crippen LogP contribution >= 0.6 is 27.7 Å². The molecule has 0 N–H and O–H groups in total. The molecule has 1 unspecified atom stereocenters. The molecule has 110 valence electrons. The molecule has 0 amide bonds. The van der Waals surface area contributed by atoms with Gasteiger partial charge in [0.25, 0.3) is 0 Å². The Morgan fingerprint density at radius 3 is 2.55 bits per heavy atom. The maximum Gasteiger partial charge on any atom is 0.318 e. The molecule has 0 aliphatic carbocycles. The Labute approximate surface area is 130 Å². The maximum atomic E-state index is 8.49. The van der Waals surface area contributed by atoms with Crippen molar-refractivity contribution in [2.45, 2.75) is 16.5 Å². The Morgan fingerprint density at radius 2 is 1.90 bits per heavy atom. The highest BCUT2D eigenvalue weighted by Crippen LogP contribution is 2.29. The molecule has 1 aromatic carbocycles. The van der Waals surface area contributed by atoms with Crippen molar-refractivity contribution < 1.29 is 33.4 Å². The number of benzene rings is 1. The summed E-state index contributed by atoms with van der Waals surface area (Å²) in [5, 5.41) is 1.37. The third-order valence-electron chi connectivity index (χ3n) is 2.83. The molecule has 2 heterocycles. The van der Waals surface area contributed by atoms with Crippen molar-refractivity contribution in [3.05, 3.63) is 24.3 Å². The van der Waals surface area contributed by atoms with E-state index in [2.05, 4.69) is 56.4 Å². The number of imidazole rings is 1. The minimum absolute atomic E-state index is 0.589. The highest BCUT2D eigenvalue weighted by molar-refractivity contribution is 9.09. The number of fused-ring (bicyclic) bond motifs is 3. The number of thioether (sulfide) groups is 1. The second kappa shape index (κ2) is 6.18. The fourth-order valence-corrected chi connectivity index (χ4v) is 3.87. The molecule has 2 aromatic rings. The highest BCUT2D eigenvalue weighted by atomic mass is 79.9.